The van der Waals surface area contributed by atoms with E-state index in [0.717, 1.165) is 11.1 Å². The van der Waals surface area contributed by atoms with Crippen molar-refractivity contribution >= 4 is 16.9 Å². The monoisotopic (exact) mass is 388 g/mol. The van der Waals surface area contributed by atoms with Crippen LogP contribution in [0.3, 0.4) is 0 Å². The van der Waals surface area contributed by atoms with Gasteiger partial charge in [-0.05, 0) is 37.1 Å². The fourth-order valence-corrected chi connectivity index (χ4v) is 3.76. The molecule has 1 aromatic heterocycles. The molecular weight excluding hydrogens is 369 g/mol. The van der Waals surface area contributed by atoms with Gasteiger partial charge in [-0.2, -0.15) is 13.2 Å². The van der Waals surface area contributed by atoms with Gasteiger partial charge in [-0.15, -0.1) is 0 Å². The molecule has 0 radical (unpaired) electrons. The summed E-state index contributed by atoms with van der Waals surface area (Å²) in [6.45, 7) is 0.710. The Bertz CT molecular complexity index is 1010. The normalized spacial score (nSPS) is 18.0. The average Bonchev–Trinajstić information content (AvgIpc) is 3.28. The number of para-hydroxylation sites is 1. The van der Waals surface area contributed by atoms with Crippen molar-refractivity contribution < 1.29 is 18.0 Å². The van der Waals surface area contributed by atoms with Crippen LogP contribution in [0.15, 0.2) is 42.5 Å². The average molecular weight is 388 g/mol. The van der Waals surface area contributed by atoms with Crippen LogP contribution < -0.4 is 5.73 Å². The number of nitrogens with one attached hydrogen (secondary N) is 1. The van der Waals surface area contributed by atoms with Crippen LogP contribution in [0.1, 0.15) is 28.8 Å². The Morgan fingerprint density at radius 1 is 1.21 bits per heavy atom. The number of nitrogens with two attached hydrogens (primary N) is 1. The third-order valence-electron chi connectivity index (χ3n) is 5.13. The summed E-state index contributed by atoms with van der Waals surface area (Å²) in [5.41, 5.74) is 8.52. The number of rotatable bonds is 4. The molecule has 1 aliphatic rings. The molecule has 0 saturated carbocycles. The summed E-state index contributed by atoms with van der Waals surface area (Å²) in [6.07, 6.45) is -3.48. The van der Waals surface area contributed by atoms with Gasteiger partial charge >= 0.3 is 6.18 Å². The second-order valence-corrected chi connectivity index (χ2v) is 7.02. The molecule has 1 aliphatic heterocycles. The van der Waals surface area contributed by atoms with Gasteiger partial charge in [0.15, 0.2) is 0 Å². The van der Waals surface area contributed by atoms with E-state index in [1.54, 1.807) is 18.2 Å². The number of fused-ring (bicyclic) bond motifs is 1. The Labute approximate surface area is 159 Å². The Balaban J connectivity index is 1.56. The van der Waals surface area contributed by atoms with Crippen molar-refractivity contribution in [3.05, 3.63) is 53.6 Å². The second-order valence-electron chi connectivity index (χ2n) is 7.02. The van der Waals surface area contributed by atoms with Crippen molar-refractivity contribution in [2.45, 2.75) is 31.6 Å². The largest absolute Gasteiger partial charge is 0.404 e. The van der Waals surface area contributed by atoms with E-state index in [4.69, 9.17) is 5.73 Å². The Kier molecular flexibility index (Phi) is 4.58. The highest BCUT2D eigenvalue weighted by Gasteiger charge is 2.45. The summed E-state index contributed by atoms with van der Waals surface area (Å²) in [4.78, 5) is 20.6. The molecule has 1 unspecified atom stereocenters. The van der Waals surface area contributed by atoms with E-state index in [-0.39, 0.29) is 13.0 Å². The number of aromatic nitrogens is 2. The van der Waals surface area contributed by atoms with Crippen molar-refractivity contribution in [2.24, 2.45) is 5.73 Å². The molecule has 1 fully saturated rings. The van der Waals surface area contributed by atoms with Gasteiger partial charge in [0.25, 0.3) is 5.91 Å². The summed E-state index contributed by atoms with van der Waals surface area (Å²) >= 11 is 0. The molecular formula is C20H19F3N4O. The number of carbonyl (C=O) groups is 1. The third-order valence-corrected chi connectivity index (χ3v) is 5.13. The number of aromatic amines is 1. The van der Waals surface area contributed by atoms with E-state index < -0.39 is 18.1 Å². The zero-order valence-electron chi connectivity index (χ0n) is 15.0. The molecule has 3 N–H and O–H groups in total. The molecule has 1 saturated heterocycles. The predicted molar refractivity (Wildman–Crippen MR) is 99.5 cm³/mol. The highest BCUT2D eigenvalue weighted by atomic mass is 19.4. The second kappa shape index (κ2) is 6.94. The van der Waals surface area contributed by atoms with Gasteiger partial charge in [0, 0.05) is 12.1 Å². The number of nitrogens with zero attached hydrogens (tertiary/aromatic N) is 2. The van der Waals surface area contributed by atoms with Crippen LogP contribution in [0.4, 0.5) is 13.2 Å². The molecule has 8 heteroatoms. The minimum absolute atomic E-state index is 0.156. The Morgan fingerprint density at radius 3 is 2.64 bits per heavy atom. The molecule has 28 heavy (non-hydrogen) atoms. The van der Waals surface area contributed by atoms with Gasteiger partial charge in [0.2, 0.25) is 0 Å². The van der Waals surface area contributed by atoms with Gasteiger partial charge in [0.05, 0.1) is 11.1 Å². The van der Waals surface area contributed by atoms with Gasteiger partial charge in [-0.3, -0.25) is 9.69 Å². The summed E-state index contributed by atoms with van der Waals surface area (Å²) in [5, 5.41) is 0. The molecule has 4 rings (SSSR count). The predicted octanol–water partition coefficient (Wildman–Crippen LogP) is 3.86. The number of amides is 1. The van der Waals surface area contributed by atoms with Crippen LogP contribution in [0, 0.1) is 0 Å². The van der Waals surface area contributed by atoms with Crippen LogP contribution in [0.2, 0.25) is 0 Å². The number of hydrogen-bond donors (Lipinski definition) is 2. The summed E-state index contributed by atoms with van der Waals surface area (Å²) < 4.78 is 39.3. The Morgan fingerprint density at radius 2 is 1.96 bits per heavy atom. The highest BCUT2D eigenvalue weighted by Crippen LogP contribution is 2.33. The number of H-pyrrole nitrogens is 1. The zero-order valence-corrected chi connectivity index (χ0v) is 15.0. The third kappa shape index (κ3) is 3.47. The zero-order chi connectivity index (χ0) is 19.9. The molecule has 0 bridgehead atoms. The smallest absolute Gasteiger partial charge is 0.366 e. The van der Waals surface area contributed by atoms with E-state index in [0.29, 0.717) is 35.4 Å². The summed E-state index contributed by atoms with van der Waals surface area (Å²) in [5.74, 6) is 0.0217. The first-order valence-electron chi connectivity index (χ1n) is 9.01. The molecule has 146 valence electrons. The molecule has 0 aliphatic carbocycles. The van der Waals surface area contributed by atoms with Crippen LogP contribution in [0.5, 0.6) is 0 Å². The molecule has 5 nitrogen and oxygen atoms in total. The van der Waals surface area contributed by atoms with Crippen LogP contribution in [-0.2, 0) is 6.54 Å². The van der Waals surface area contributed by atoms with E-state index in [1.807, 2.05) is 24.3 Å². The lowest BCUT2D eigenvalue weighted by molar-refractivity contribution is -0.177. The van der Waals surface area contributed by atoms with Gasteiger partial charge in [0.1, 0.15) is 17.4 Å². The van der Waals surface area contributed by atoms with Crippen LogP contribution in [0.25, 0.3) is 22.4 Å². The number of hydrogen-bond acceptors (Lipinski definition) is 3. The maximum absolute atomic E-state index is 13.1. The van der Waals surface area contributed by atoms with Crippen molar-refractivity contribution in [2.75, 3.05) is 6.54 Å². The molecule has 2 heterocycles. The number of benzene rings is 2. The number of alkyl halides is 3. The quantitative estimate of drug-likeness (QED) is 0.713. The first-order valence-corrected chi connectivity index (χ1v) is 9.01. The first-order chi connectivity index (χ1) is 13.3. The molecule has 1 amide bonds. The molecule has 0 spiro atoms. The standard InChI is InChI=1S/C20H19F3N4O/c21-20(22,23)16-5-2-10-27(16)11-12-6-8-13(9-7-12)19-25-15-4-1-3-14(18(24)28)17(15)26-19/h1,3-4,6-9,16H,2,5,10-11H2,(H2,24,28)(H,25,26). The highest BCUT2D eigenvalue weighted by molar-refractivity contribution is 6.04. The van der Waals surface area contributed by atoms with Gasteiger partial charge < -0.3 is 10.7 Å². The number of halogens is 3. The summed E-state index contributed by atoms with van der Waals surface area (Å²) in [7, 11) is 0. The fourth-order valence-electron chi connectivity index (χ4n) is 3.76. The lowest BCUT2D eigenvalue weighted by atomic mass is 10.1. The van der Waals surface area contributed by atoms with Crippen LogP contribution in [-0.4, -0.2) is 39.5 Å². The van der Waals surface area contributed by atoms with Crippen molar-refractivity contribution in [1.29, 1.82) is 0 Å². The van der Waals surface area contributed by atoms with Crippen molar-refractivity contribution in [3.8, 4) is 11.4 Å². The maximum atomic E-state index is 13.1. The molecule has 2 aromatic carbocycles. The first kappa shape index (κ1) is 18.5. The van der Waals surface area contributed by atoms with E-state index in [9.17, 15) is 18.0 Å². The topological polar surface area (TPSA) is 75.0 Å². The lowest BCUT2D eigenvalue weighted by Gasteiger charge is -2.26. The minimum Gasteiger partial charge on any atom is -0.366 e. The van der Waals surface area contributed by atoms with E-state index >= 15 is 0 Å². The van der Waals surface area contributed by atoms with Crippen molar-refractivity contribution in [3.63, 3.8) is 0 Å². The van der Waals surface area contributed by atoms with Gasteiger partial charge in [-0.25, -0.2) is 4.98 Å². The SMILES string of the molecule is NC(=O)c1cccc2[nH]c(-c3ccc(CN4CCCC4C(F)(F)F)cc3)nc12. The summed E-state index contributed by atoms with van der Waals surface area (Å²) in [6, 6.07) is 11.0. The maximum Gasteiger partial charge on any atom is 0.404 e. The molecule has 3 aromatic rings. The van der Waals surface area contributed by atoms with E-state index in [1.165, 1.54) is 4.90 Å². The minimum atomic E-state index is -4.19. The number of carbonyl (C=O) groups excluding carboxylic acids is 1. The number of primary amides is 1. The van der Waals surface area contributed by atoms with Gasteiger partial charge in [-0.1, -0.05) is 30.3 Å². The molecule has 1 atom stereocenters. The lowest BCUT2D eigenvalue weighted by Crippen LogP contribution is -2.40. The Hall–Kier alpha value is -2.87. The van der Waals surface area contributed by atoms with Crippen molar-refractivity contribution in [1.82, 2.24) is 14.9 Å². The number of imidazole rings is 1. The van der Waals surface area contributed by atoms with E-state index in [2.05, 4.69) is 9.97 Å². The fraction of sp³-hybridized carbons (Fsp3) is 0.300. The van der Waals surface area contributed by atoms with Crippen LogP contribution >= 0.6 is 0 Å². The number of likely N-dealkylation sites (tertiary alicyclic amines) is 1.